The lowest BCUT2D eigenvalue weighted by Gasteiger charge is -2.48. The molecule has 9 nitrogen and oxygen atoms in total. The molecule has 0 radical (unpaired) electrons. The average molecular weight is 386 g/mol. The molecular formula is C13H28N2O7P2. The summed E-state index contributed by atoms with van der Waals surface area (Å²) >= 11 is 0. The molecule has 0 saturated carbocycles. The quantitative estimate of drug-likeness (QED) is 0.384. The van der Waals surface area contributed by atoms with E-state index >= 15 is 0 Å². The van der Waals surface area contributed by atoms with Crippen LogP contribution in [0.25, 0.3) is 0 Å². The number of allylic oxidation sites excluding steroid dienone is 2. The van der Waals surface area contributed by atoms with Crippen molar-refractivity contribution in [1.82, 2.24) is 10.2 Å². The van der Waals surface area contributed by atoms with E-state index in [4.69, 9.17) is 13.8 Å². The van der Waals surface area contributed by atoms with Crippen LogP contribution in [0.15, 0.2) is 11.5 Å². The Bertz CT molecular complexity index is 512. The Morgan fingerprint density at radius 2 is 1.75 bits per heavy atom. The van der Waals surface area contributed by atoms with Crippen molar-refractivity contribution >= 4 is 16.5 Å². The second kappa shape index (κ2) is 8.81. The van der Waals surface area contributed by atoms with Gasteiger partial charge in [-0.1, -0.05) is 27.7 Å². The van der Waals surface area contributed by atoms with E-state index in [1.165, 1.54) is 4.90 Å². The highest BCUT2D eigenvalue weighted by atomic mass is 31.1. The van der Waals surface area contributed by atoms with Gasteiger partial charge >= 0.3 is 16.5 Å². The van der Waals surface area contributed by atoms with Crippen LogP contribution >= 0.6 is 16.5 Å². The van der Waals surface area contributed by atoms with Crippen molar-refractivity contribution in [2.45, 2.75) is 65.6 Å². The van der Waals surface area contributed by atoms with E-state index in [0.29, 0.717) is 18.6 Å². The zero-order valence-corrected chi connectivity index (χ0v) is 16.7. The first kappa shape index (κ1) is 21.6. The highest BCUT2D eigenvalue weighted by Crippen LogP contribution is 2.44. The minimum atomic E-state index is -3.45. The highest BCUT2D eigenvalue weighted by molar-refractivity contribution is 7.33. The summed E-state index contributed by atoms with van der Waals surface area (Å²) in [5.74, 6) is -2.28. The Morgan fingerprint density at radius 3 is 2.04 bits per heavy atom. The van der Waals surface area contributed by atoms with Gasteiger partial charge in [0.05, 0.1) is 5.70 Å². The highest BCUT2D eigenvalue weighted by Gasteiger charge is 2.54. The first-order valence-electron chi connectivity index (χ1n) is 7.98. The molecule has 1 rings (SSSR count). The maximum atomic E-state index is 11.4. The zero-order chi connectivity index (χ0) is 18.5. The monoisotopic (exact) mass is 386 g/mol. The lowest BCUT2D eigenvalue weighted by atomic mass is 10.2. The first-order chi connectivity index (χ1) is 11.2. The first-order valence-corrected chi connectivity index (χ1v) is 10.5. The van der Waals surface area contributed by atoms with Crippen molar-refractivity contribution in [3.63, 3.8) is 0 Å². The SMILES string of the molecule is CCC1=C(C)OC(CC)(N(CC)C(CC)(O[PH](=O)O)O[PH](=O)O)N1. The molecule has 0 saturated heterocycles. The number of rotatable bonds is 10. The summed E-state index contributed by atoms with van der Waals surface area (Å²) in [6.45, 7) is 9.35. The van der Waals surface area contributed by atoms with Crippen LogP contribution in [-0.2, 0) is 22.9 Å². The van der Waals surface area contributed by atoms with E-state index in [0.717, 1.165) is 5.70 Å². The maximum Gasteiger partial charge on any atom is 0.320 e. The summed E-state index contributed by atoms with van der Waals surface area (Å²) in [4.78, 5) is 20.1. The molecule has 3 unspecified atom stereocenters. The Balaban J connectivity index is 3.35. The summed E-state index contributed by atoms with van der Waals surface area (Å²) in [5.41, 5.74) is 0.883. The number of nitrogens with one attached hydrogen (secondary N) is 1. The normalized spacial score (nSPS) is 26.0. The molecule has 24 heavy (non-hydrogen) atoms. The third-order valence-corrected chi connectivity index (χ3v) is 5.02. The van der Waals surface area contributed by atoms with Crippen LogP contribution in [0.2, 0.25) is 0 Å². The van der Waals surface area contributed by atoms with Crippen molar-refractivity contribution in [3.8, 4) is 0 Å². The van der Waals surface area contributed by atoms with Gasteiger partial charge in [-0.25, -0.2) is 0 Å². The van der Waals surface area contributed by atoms with E-state index < -0.39 is 28.3 Å². The van der Waals surface area contributed by atoms with Gasteiger partial charge in [-0.2, -0.15) is 4.90 Å². The maximum absolute atomic E-state index is 11.4. The van der Waals surface area contributed by atoms with Crippen molar-refractivity contribution in [2.75, 3.05) is 6.54 Å². The van der Waals surface area contributed by atoms with E-state index in [1.807, 2.05) is 20.8 Å². The summed E-state index contributed by atoms with van der Waals surface area (Å²) in [6.07, 6.45) is 1.19. The number of nitrogens with zero attached hydrogens (tertiary/aromatic N) is 1. The summed E-state index contributed by atoms with van der Waals surface area (Å²) in [5, 5.41) is 3.27. The van der Waals surface area contributed by atoms with Gasteiger partial charge in [-0.15, -0.1) is 0 Å². The molecule has 0 spiro atoms. The molecule has 0 aromatic carbocycles. The summed E-state index contributed by atoms with van der Waals surface area (Å²) in [6, 6.07) is 0. The van der Waals surface area contributed by atoms with Crippen LogP contribution in [0.5, 0.6) is 0 Å². The van der Waals surface area contributed by atoms with Gasteiger partial charge in [0.15, 0.2) is 0 Å². The molecule has 0 aliphatic carbocycles. The molecule has 3 N–H and O–H groups in total. The predicted molar refractivity (Wildman–Crippen MR) is 90.2 cm³/mol. The van der Waals surface area contributed by atoms with Crippen molar-refractivity contribution < 1.29 is 32.7 Å². The van der Waals surface area contributed by atoms with E-state index in [9.17, 15) is 18.9 Å². The summed E-state index contributed by atoms with van der Waals surface area (Å²) < 4.78 is 39.0. The van der Waals surface area contributed by atoms with Crippen molar-refractivity contribution in [1.29, 1.82) is 0 Å². The molecule has 1 aliphatic rings. The van der Waals surface area contributed by atoms with Crippen LogP contribution in [0, 0.1) is 0 Å². The summed E-state index contributed by atoms with van der Waals surface area (Å²) in [7, 11) is -6.89. The van der Waals surface area contributed by atoms with Crippen LogP contribution < -0.4 is 5.32 Å². The molecule has 1 aliphatic heterocycles. The van der Waals surface area contributed by atoms with Gasteiger partial charge in [0.25, 0.3) is 0 Å². The fourth-order valence-corrected chi connectivity index (χ4v) is 4.21. The van der Waals surface area contributed by atoms with E-state index in [2.05, 4.69) is 5.32 Å². The molecule has 1 heterocycles. The van der Waals surface area contributed by atoms with Crippen molar-refractivity contribution in [3.05, 3.63) is 11.5 Å². The minimum absolute atomic E-state index is 0.0437. The Labute approximate surface area is 143 Å². The Morgan fingerprint density at radius 1 is 1.21 bits per heavy atom. The van der Waals surface area contributed by atoms with E-state index in [1.54, 1.807) is 13.8 Å². The largest absolute Gasteiger partial charge is 0.457 e. The molecule has 0 aromatic rings. The molecule has 0 amide bonds. The number of hydrogen-bond donors (Lipinski definition) is 3. The lowest BCUT2D eigenvalue weighted by molar-refractivity contribution is -0.305. The standard InChI is InChI=1S/C13H28N2O7P2/c1-6-11-10(5)20-12(7-2,14-11)15(9-4)13(8-3,21-23(16)17)22-24(18)19/h14,23-24H,6-9H2,1-5H3,(H,16,17)(H,18,19). The number of ether oxygens (including phenoxy) is 1. The fraction of sp³-hybridized carbons (Fsp3) is 0.846. The Kier molecular flexibility index (Phi) is 7.94. The van der Waals surface area contributed by atoms with Gasteiger partial charge in [0, 0.05) is 19.4 Å². The van der Waals surface area contributed by atoms with Crippen LogP contribution in [0.4, 0.5) is 0 Å². The Hall–Kier alpha value is -0.400. The fourth-order valence-electron chi connectivity index (χ4n) is 2.99. The van der Waals surface area contributed by atoms with E-state index in [-0.39, 0.29) is 13.0 Å². The second-order valence-electron chi connectivity index (χ2n) is 5.30. The third-order valence-electron chi connectivity index (χ3n) is 4.03. The lowest BCUT2D eigenvalue weighted by Crippen LogP contribution is -2.66. The molecule has 11 heteroatoms. The topological polar surface area (TPSA) is 118 Å². The molecule has 142 valence electrons. The van der Waals surface area contributed by atoms with Crippen LogP contribution in [-0.4, -0.2) is 33.0 Å². The van der Waals surface area contributed by atoms with Gasteiger partial charge < -0.3 is 19.8 Å². The van der Waals surface area contributed by atoms with Crippen LogP contribution in [0.3, 0.4) is 0 Å². The molecule has 3 atom stereocenters. The van der Waals surface area contributed by atoms with Gasteiger partial charge in [-0.3, -0.25) is 18.2 Å². The molecule has 0 bridgehead atoms. The van der Waals surface area contributed by atoms with Gasteiger partial charge in [0.2, 0.25) is 11.8 Å². The minimum Gasteiger partial charge on any atom is -0.457 e. The van der Waals surface area contributed by atoms with Crippen molar-refractivity contribution in [2.24, 2.45) is 0 Å². The molecular weight excluding hydrogens is 358 g/mol. The van der Waals surface area contributed by atoms with Gasteiger partial charge in [-0.05, 0) is 13.3 Å². The smallest absolute Gasteiger partial charge is 0.320 e. The van der Waals surface area contributed by atoms with Crippen LogP contribution in [0.1, 0.15) is 53.9 Å². The second-order valence-corrected chi connectivity index (χ2v) is 6.77. The molecule has 0 fully saturated rings. The predicted octanol–water partition coefficient (Wildman–Crippen LogP) is 2.49. The average Bonchev–Trinajstić information content (AvgIpc) is 2.83. The molecule has 0 aromatic heterocycles. The number of hydrogen-bond acceptors (Lipinski definition) is 7. The van der Waals surface area contributed by atoms with Gasteiger partial charge in [0.1, 0.15) is 5.76 Å². The third kappa shape index (κ3) is 4.41. The zero-order valence-electron chi connectivity index (χ0n) is 14.7.